The molecule has 4 heteroatoms. The van der Waals surface area contributed by atoms with Crippen molar-refractivity contribution in [3.05, 3.63) is 0 Å². The van der Waals surface area contributed by atoms with Crippen LogP contribution in [-0.4, -0.2) is 27.8 Å². The van der Waals surface area contributed by atoms with Crippen molar-refractivity contribution < 1.29 is 5.11 Å². The monoisotopic (exact) mass is 211 g/mol. The summed E-state index contributed by atoms with van der Waals surface area (Å²) in [5.41, 5.74) is 0. The molecule has 0 aliphatic heterocycles. The van der Waals surface area contributed by atoms with Crippen LogP contribution in [0.1, 0.15) is 13.8 Å². The summed E-state index contributed by atoms with van der Waals surface area (Å²) in [6, 6.07) is 0. The van der Waals surface area contributed by atoms with Crippen LogP contribution in [0.3, 0.4) is 0 Å². The van der Waals surface area contributed by atoms with Crippen molar-refractivity contribution in [1.29, 1.82) is 0 Å². The third kappa shape index (κ3) is 5.28. The predicted molar refractivity (Wildman–Crippen MR) is 58.1 cm³/mol. The summed E-state index contributed by atoms with van der Waals surface area (Å²) >= 11 is 4.65. The van der Waals surface area contributed by atoms with E-state index < -0.39 is 4.27 Å². The summed E-state index contributed by atoms with van der Waals surface area (Å²) in [5, 5.41) is 11.7. The van der Waals surface area contributed by atoms with Crippen molar-refractivity contribution in [3.63, 3.8) is 0 Å². The molecule has 0 aromatic carbocycles. The van der Waals surface area contributed by atoms with Gasteiger partial charge in [-0.2, -0.15) is 11.8 Å². The van der Waals surface area contributed by atoms with Crippen LogP contribution in [0.25, 0.3) is 0 Å². The quantitative estimate of drug-likeness (QED) is 0.630. The number of rotatable bonds is 6. The SMILES string of the molecule is CCSCC([O])(SC)SCC. The average Bonchev–Trinajstić information content (AvgIpc) is 2.02. The zero-order valence-corrected chi connectivity index (χ0v) is 9.70. The van der Waals surface area contributed by atoms with Crippen LogP contribution < -0.4 is 0 Å². The van der Waals surface area contributed by atoms with Crippen molar-refractivity contribution in [2.24, 2.45) is 0 Å². The lowest BCUT2D eigenvalue weighted by Gasteiger charge is -2.20. The van der Waals surface area contributed by atoms with E-state index >= 15 is 0 Å². The lowest BCUT2D eigenvalue weighted by Crippen LogP contribution is -2.20. The van der Waals surface area contributed by atoms with Gasteiger partial charge in [-0.15, -0.1) is 23.5 Å². The first-order chi connectivity index (χ1) is 5.18. The molecule has 0 fully saturated rings. The van der Waals surface area contributed by atoms with Crippen LogP contribution >= 0.6 is 35.3 Å². The van der Waals surface area contributed by atoms with Crippen LogP contribution in [-0.2, 0) is 5.11 Å². The van der Waals surface area contributed by atoms with Gasteiger partial charge < -0.3 is 0 Å². The third-order valence-corrected chi connectivity index (χ3v) is 5.04. The summed E-state index contributed by atoms with van der Waals surface area (Å²) in [5.74, 6) is 2.66. The molecule has 0 saturated carbocycles. The summed E-state index contributed by atoms with van der Waals surface area (Å²) in [6.45, 7) is 4.12. The molecular weight excluding hydrogens is 196 g/mol. The molecule has 0 spiro atoms. The van der Waals surface area contributed by atoms with Crippen molar-refractivity contribution in [1.82, 2.24) is 0 Å². The Balaban J connectivity index is 3.68. The van der Waals surface area contributed by atoms with Gasteiger partial charge in [0.1, 0.15) is 0 Å². The maximum atomic E-state index is 11.7. The lowest BCUT2D eigenvalue weighted by molar-refractivity contribution is 0.156. The number of hydrogen-bond acceptors (Lipinski definition) is 3. The molecule has 0 bridgehead atoms. The third-order valence-electron chi connectivity index (χ3n) is 1.16. The van der Waals surface area contributed by atoms with Crippen LogP contribution in [0.5, 0.6) is 0 Å². The highest BCUT2D eigenvalue weighted by Crippen LogP contribution is 2.36. The summed E-state index contributed by atoms with van der Waals surface area (Å²) < 4.78 is -0.810. The van der Waals surface area contributed by atoms with Crippen molar-refractivity contribution >= 4 is 35.3 Å². The van der Waals surface area contributed by atoms with E-state index in [1.54, 1.807) is 11.8 Å². The highest BCUT2D eigenvalue weighted by molar-refractivity contribution is 8.18. The molecular formula is C7H15OS3. The van der Waals surface area contributed by atoms with E-state index in [0.717, 1.165) is 11.5 Å². The molecule has 0 heterocycles. The summed E-state index contributed by atoms with van der Waals surface area (Å²) in [4.78, 5) is 0. The minimum absolute atomic E-state index is 0.711. The zero-order chi connectivity index (χ0) is 8.74. The highest BCUT2D eigenvalue weighted by Gasteiger charge is 2.27. The van der Waals surface area contributed by atoms with E-state index in [2.05, 4.69) is 6.92 Å². The largest absolute Gasteiger partial charge is 0.204 e. The minimum Gasteiger partial charge on any atom is -0.204 e. The maximum absolute atomic E-state index is 11.7. The number of thioether (sulfide) groups is 3. The molecule has 0 amide bonds. The van der Waals surface area contributed by atoms with Gasteiger partial charge in [-0.05, 0) is 17.8 Å². The van der Waals surface area contributed by atoms with Gasteiger partial charge in [0.05, 0.1) is 0 Å². The molecule has 0 saturated heterocycles. The van der Waals surface area contributed by atoms with E-state index in [0.29, 0.717) is 5.75 Å². The van der Waals surface area contributed by atoms with Gasteiger partial charge in [0.15, 0.2) is 0 Å². The molecule has 1 radical (unpaired) electrons. The van der Waals surface area contributed by atoms with Crippen LogP contribution in [0.4, 0.5) is 0 Å². The van der Waals surface area contributed by atoms with Crippen molar-refractivity contribution in [2.75, 3.05) is 23.5 Å². The first-order valence-corrected chi connectivity index (χ1v) is 7.02. The molecule has 11 heavy (non-hydrogen) atoms. The fourth-order valence-corrected chi connectivity index (χ4v) is 3.63. The smallest absolute Gasteiger partial charge is 0.203 e. The Bertz CT molecular complexity index is 99.7. The standard InChI is InChI=1S/C7H15OS3/c1-4-10-6-7(8,9-3)11-5-2/h4-6H2,1-3H3. The predicted octanol–water partition coefficient (Wildman–Crippen LogP) is 2.94. The second-order valence-electron chi connectivity index (χ2n) is 1.96. The average molecular weight is 211 g/mol. The van der Waals surface area contributed by atoms with Gasteiger partial charge in [-0.1, -0.05) is 13.8 Å². The Morgan fingerprint density at radius 1 is 1.27 bits per heavy atom. The lowest BCUT2D eigenvalue weighted by atomic mass is 10.8. The topological polar surface area (TPSA) is 19.9 Å². The fourth-order valence-electron chi connectivity index (χ4n) is 0.606. The zero-order valence-electron chi connectivity index (χ0n) is 7.25. The molecule has 1 nitrogen and oxygen atoms in total. The van der Waals surface area contributed by atoms with Crippen LogP contribution in [0.2, 0.25) is 0 Å². The molecule has 0 aliphatic rings. The van der Waals surface area contributed by atoms with E-state index in [1.807, 2.05) is 13.2 Å². The van der Waals surface area contributed by atoms with Crippen molar-refractivity contribution in [2.45, 2.75) is 18.1 Å². The second-order valence-corrected chi connectivity index (χ2v) is 6.08. The molecule has 0 rings (SSSR count). The van der Waals surface area contributed by atoms with Gasteiger partial charge >= 0.3 is 0 Å². The Hall–Kier alpha value is 1.01. The molecule has 0 aromatic heterocycles. The van der Waals surface area contributed by atoms with Gasteiger partial charge in [-0.3, -0.25) is 0 Å². The highest BCUT2D eigenvalue weighted by atomic mass is 32.2. The van der Waals surface area contributed by atoms with Gasteiger partial charge in [0.2, 0.25) is 4.27 Å². The molecule has 1 unspecified atom stereocenters. The van der Waals surface area contributed by atoms with Crippen molar-refractivity contribution in [3.8, 4) is 0 Å². The van der Waals surface area contributed by atoms with Crippen LogP contribution in [0, 0.1) is 0 Å². The Labute approximate surface area is 82.1 Å². The number of hydrogen-bond donors (Lipinski definition) is 0. The molecule has 0 aromatic rings. The second kappa shape index (κ2) is 6.52. The first kappa shape index (κ1) is 12.0. The summed E-state index contributed by atoms with van der Waals surface area (Å²) in [6.07, 6.45) is 1.89. The summed E-state index contributed by atoms with van der Waals surface area (Å²) in [7, 11) is 0. The molecule has 67 valence electrons. The Morgan fingerprint density at radius 2 is 1.91 bits per heavy atom. The van der Waals surface area contributed by atoms with Crippen LogP contribution in [0.15, 0.2) is 0 Å². The Kier molecular flexibility index (Phi) is 7.12. The van der Waals surface area contributed by atoms with E-state index in [4.69, 9.17) is 0 Å². The van der Waals surface area contributed by atoms with Gasteiger partial charge in [0, 0.05) is 5.75 Å². The van der Waals surface area contributed by atoms with Gasteiger partial charge in [0.25, 0.3) is 0 Å². The molecule has 0 aliphatic carbocycles. The van der Waals surface area contributed by atoms with E-state index in [-0.39, 0.29) is 0 Å². The maximum Gasteiger partial charge on any atom is 0.203 e. The molecule has 1 atom stereocenters. The molecule has 0 N–H and O–H groups in total. The minimum atomic E-state index is -0.810. The Morgan fingerprint density at radius 3 is 2.27 bits per heavy atom. The van der Waals surface area contributed by atoms with E-state index in [9.17, 15) is 5.11 Å². The van der Waals surface area contributed by atoms with Gasteiger partial charge in [-0.25, -0.2) is 5.11 Å². The fraction of sp³-hybridized carbons (Fsp3) is 1.00. The normalized spacial score (nSPS) is 16.4. The first-order valence-electron chi connectivity index (χ1n) is 3.65. The van der Waals surface area contributed by atoms with E-state index in [1.165, 1.54) is 23.5 Å².